The van der Waals surface area contributed by atoms with Gasteiger partial charge in [0.1, 0.15) is 11.6 Å². The zero-order valence-corrected chi connectivity index (χ0v) is 13.3. The van der Waals surface area contributed by atoms with Crippen LogP contribution >= 0.6 is 11.8 Å². The van der Waals surface area contributed by atoms with Gasteiger partial charge in [0.25, 0.3) is 0 Å². The zero-order chi connectivity index (χ0) is 15.8. The predicted octanol–water partition coefficient (Wildman–Crippen LogP) is 0.452. The van der Waals surface area contributed by atoms with Crippen LogP contribution in [0.25, 0.3) is 0 Å². The number of rotatable bonds is 6. The molecule has 0 radical (unpaired) electrons. The van der Waals surface area contributed by atoms with E-state index >= 15 is 0 Å². The van der Waals surface area contributed by atoms with Gasteiger partial charge >= 0.3 is 6.09 Å². The van der Waals surface area contributed by atoms with Crippen molar-refractivity contribution in [2.75, 3.05) is 18.7 Å². The molecule has 0 rings (SSSR count). The first-order chi connectivity index (χ1) is 9.15. The predicted molar refractivity (Wildman–Crippen MR) is 78.4 cm³/mol. The van der Waals surface area contributed by atoms with E-state index in [2.05, 4.69) is 16.0 Å². The number of carbonyl (C=O) groups excluding carboxylic acids is 3. The number of thioether (sulfide) groups is 1. The maximum Gasteiger partial charge on any atom is 0.408 e. The van der Waals surface area contributed by atoms with Crippen LogP contribution in [-0.2, 0) is 14.3 Å². The van der Waals surface area contributed by atoms with Crippen molar-refractivity contribution >= 4 is 29.7 Å². The minimum absolute atomic E-state index is 0.144. The van der Waals surface area contributed by atoms with E-state index in [9.17, 15) is 14.4 Å². The average Bonchev–Trinajstić information content (AvgIpc) is 2.29. The first-order valence-corrected chi connectivity index (χ1v) is 7.34. The Bertz CT molecular complexity index is 355. The average molecular weight is 305 g/mol. The van der Waals surface area contributed by atoms with Crippen LogP contribution in [0, 0.1) is 0 Å². The Hall–Kier alpha value is -1.44. The molecule has 0 heterocycles. The summed E-state index contributed by atoms with van der Waals surface area (Å²) in [5, 5.41) is 7.58. The van der Waals surface area contributed by atoms with Crippen molar-refractivity contribution in [3.63, 3.8) is 0 Å². The molecule has 0 bridgehead atoms. The molecule has 0 saturated heterocycles. The van der Waals surface area contributed by atoms with Crippen LogP contribution in [0.15, 0.2) is 0 Å². The van der Waals surface area contributed by atoms with Gasteiger partial charge < -0.3 is 20.7 Å². The number of alkyl carbamates (subject to hydrolysis) is 1. The van der Waals surface area contributed by atoms with Gasteiger partial charge in [-0.15, -0.1) is 11.8 Å². The van der Waals surface area contributed by atoms with Gasteiger partial charge in [-0.25, -0.2) is 4.79 Å². The summed E-state index contributed by atoms with van der Waals surface area (Å²) in [5.74, 6) is 0.248. The van der Waals surface area contributed by atoms with Gasteiger partial charge in [0, 0.05) is 19.7 Å². The summed E-state index contributed by atoms with van der Waals surface area (Å²) < 4.78 is 5.10. The summed E-state index contributed by atoms with van der Waals surface area (Å²) in [5.41, 5.74) is -0.624. The summed E-state index contributed by atoms with van der Waals surface area (Å²) in [6.45, 7) is 6.64. The van der Waals surface area contributed by atoms with Crippen molar-refractivity contribution < 1.29 is 19.1 Å². The molecule has 20 heavy (non-hydrogen) atoms. The largest absolute Gasteiger partial charge is 0.444 e. The van der Waals surface area contributed by atoms with Crippen molar-refractivity contribution in [2.24, 2.45) is 0 Å². The number of nitrogens with one attached hydrogen (secondary N) is 3. The highest BCUT2D eigenvalue weighted by atomic mass is 32.2. The molecule has 3 amide bonds. The molecule has 0 aromatic carbocycles. The molecule has 0 saturated carbocycles. The maximum absolute atomic E-state index is 11.7. The number of likely N-dealkylation sites (N-methyl/N-ethyl adjacent to an activating group) is 1. The lowest BCUT2D eigenvalue weighted by atomic mass is 10.2. The SMILES string of the molecule is CNC(=O)[C@H](CSCNC(C)=O)NC(=O)OC(C)(C)C. The van der Waals surface area contributed by atoms with Crippen LogP contribution in [0.1, 0.15) is 27.7 Å². The smallest absolute Gasteiger partial charge is 0.408 e. The lowest BCUT2D eigenvalue weighted by Crippen LogP contribution is -2.49. The van der Waals surface area contributed by atoms with Crippen molar-refractivity contribution in [3.8, 4) is 0 Å². The molecule has 0 aromatic heterocycles. The van der Waals surface area contributed by atoms with Crippen LogP contribution in [0.5, 0.6) is 0 Å². The van der Waals surface area contributed by atoms with Crippen molar-refractivity contribution in [3.05, 3.63) is 0 Å². The Morgan fingerprint density at radius 1 is 1.25 bits per heavy atom. The van der Waals surface area contributed by atoms with Crippen LogP contribution < -0.4 is 16.0 Å². The molecule has 0 unspecified atom stereocenters. The fourth-order valence-electron chi connectivity index (χ4n) is 1.14. The molecule has 0 aliphatic rings. The van der Waals surface area contributed by atoms with Gasteiger partial charge in [0.05, 0.1) is 5.88 Å². The third-order valence-electron chi connectivity index (χ3n) is 1.96. The summed E-state index contributed by atoms with van der Waals surface area (Å²) in [6, 6.07) is -0.714. The van der Waals surface area contributed by atoms with E-state index in [0.717, 1.165) is 0 Å². The number of carbonyl (C=O) groups is 3. The second-order valence-corrected chi connectivity index (χ2v) is 6.09. The first-order valence-electron chi connectivity index (χ1n) is 6.19. The Morgan fingerprint density at radius 2 is 1.85 bits per heavy atom. The highest BCUT2D eigenvalue weighted by Gasteiger charge is 2.23. The second kappa shape index (κ2) is 8.68. The summed E-state index contributed by atoms with van der Waals surface area (Å²) in [4.78, 5) is 34.0. The van der Waals surface area contributed by atoms with Gasteiger partial charge in [-0.1, -0.05) is 0 Å². The molecular formula is C12H23N3O4S. The van der Waals surface area contributed by atoms with E-state index in [0.29, 0.717) is 11.6 Å². The quantitative estimate of drug-likeness (QED) is 0.489. The summed E-state index contributed by atoms with van der Waals surface area (Å²) >= 11 is 1.33. The maximum atomic E-state index is 11.7. The molecule has 0 aliphatic carbocycles. The van der Waals surface area contributed by atoms with Gasteiger partial charge in [0.15, 0.2) is 0 Å². The molecule has 1 atom stereocenters. The van der Waals surface area contributed by atoms with E-state index in [-0.39, 0.29) is 11.8 Å². The van der Waals surface area contributed by atoms with Crippen LogP contribution in [0.4, 0.5) is 4.79 Å². The Kier molecular flexibility index (Phi) is 8.05. The molecular weight excluding hydrogens is 282 g/mol. The monoisotopic (exact) mass is 305 g/mol. The normalized spacial score (nSPS) is 12.2. The topological polar surface area (TPSA) is 96.5 Å². The van der Waals surface area contributed by atoms with E-state index < -0.39 is 17.7 Å². The number of ether oxygens (including phenoxy) is 1. The first kappa shape index (κ1) is 18.6. The fourth-order valence-corrected chi connectivity index (χ4v) is 2.03. The molecule has 0 aromatic rings. The molecule has 0 aliphatic heterocycles. The minimum Gasteiger partial charge on any atom is -0.444 e. The molecule has 8 heteroatoms. The van der Waals surface area contributed by atoms with Crippen LogP contribution in [0.3, 0.4) is 0 Å². The van der Waals surface area contributed by atoms with Gasteiger partial charge in [0.2, 0.25) is 11.8 Å². The van der Waals surface area contributed by atoms with E-state index in [1.807, 2.05) is 0 Å². The van der Waals surface area contributed by atoms with Gasteiger partial charge in [-0.3, -0.25) is 9.59 Å². The lowest BCUT2D eigenvalue weighted by Gasteiger charge is -2.22. The van der Waals surface area contributed by atoms with Gasteiger partial charge in [-0.2, -0.15) is 0 Å². The minimum atomic E-state index is -0.714. The molecule has 7 nitrogen and oxygen atoms in total. The number of amides is 3. The third kappa shape index (κ3) is 9.48. The van der Waals surface area contributed by atoms with Crippen LogP contribution in [0.2, 0.25) is 0 Å². The summed E-state index contributed by atoms with van der Waals surface area (Å²) in [6.07, 6.45) is -0.647. The highest BCUT2D eigenvalue weighted by molar-refractivity contribution is 7.99. The molecule has 116 valence electrons. The van der Waals surface area contributed by atoms with E-state index in [4.69, 9.17) is 4.74 Å². The fraction of sp³-hybridized carbons (Fsp3) is 0.750. The van der Waals surface area contributed by atoms with Crippen LogP contribution in [-0.4, -0.2) is 48.2 Å². The third-order valence-corrected chi connectivity index (χ3v) is 2.88. The molecule has 0 spiro atoms. The van der Waals surface area contributed by atoms with Crippen molar-refractivity contribution in [2.45, 2.75) is 39.3 Å². The van der Waals surface area contributed by atoms with E-state index in [1.54, 1.807) is 20.8 Å². The standard InChI is InChI=1S/C12H23N3O4S/c1-8(16)14-7-20-6-9(10(17)13-5)15-11(18)19-12(2,3)4/h9H,6-7H2,1-5H3,(H,13,17)(H,14,16)(H,15,18)/t9-/m0/s1. The second-order valence-electron chi connectivity index (χ2n) is 5.06. The van der Waals surface area contributed by atoms with Gasteiger partial charge in [-0.05, 0) is 20.8 Å². The Morgan fingerprint density at radius 3 is 2.30 bits per heavy atom. The van der Waals surface area contributed by atoms with Crippen molar-refractivity contribution in [1.82, 2.24) is 16.0 Å². The van der Waals surface area contributed by atoms with E-state index in [1.165, 1.54) is 25.7 Å². The molecule has 3 N–H and O–H groups in total. The number of hydrogen-bond acceptors (Lipinski definition) is 5. The number of hydrogen-bond donors (Lipinski definition) is 3. The molecule has 0 fully saturated rings. The zero-order valence-electron chi connectivity index (χ0n) is 12.5. The Balaban J connectivity index is 4.32. The lowest BCUT2D eigenvalue weighted by molar-refractivity contribution is -0.122. The van der Waals surface area contributed by atoms with Crippen molar-refractivity contribution in [1.29, 1.82) is 0 Å². The highest BCUT2D eigenvalue weighted by Crippen LogP contribution is 2.08. The summed E-state index contributed by atoms with van der Waals surface area (Å²) in [7, 11) is 1.49. The Labute approximate surface area is 123 Å².